The van der Waals surface area contributed by atoms with Crippen LogP contribution in [0.25, 0.3) is 16.8 Å². The van der Waals surface area contributed by atoms with Crippen molar-refractivity contribution in [1.29, 1.82) is 0 Å². The first-order chi connectivity index (χ1) is 13.7. The fourth-order valence-corrected chi connectivity index (χ4v) is 3.75. The predicted octanol–water partition coefficient (Wildman–Crippen LogP) is 1.80. The molecular formula is C20H20N4O4S. The van der Waals surface area contributed by atoms with Gasteiger partial charge in [-0.15, -0.1) is 0 Å². The second-order valence-corrected chi connectivity index (χ2v) is 9.01. The van der Waals surface area contributed by atoms with E-state index in [2.05, 4.69) is 5.10 Å². The van der Waals surface area contributed by atoms with Gasteiger partial charge in [0.05, 0.1) is 23.7 Å². The van der Waals surface area contributed by atoms with Gasteiger partial charge in [0.1, 0.15) is 0 Å². The first-order valence-corrected chi connectivity index (χ1v) is 11.0. The summed E-state index contributed by atoms with van der Waals surface area (Å²) in [5, 5.41) is 4.38. The maximum atomic E-state index is 12.4. The van der Waals surface area contributed by atoms with Crippen LogP contribution in [0.1, 0.15) is 34.7 Å². The van der Waals surface area contributed by atoms with E-state index in [0.717, 1.165) is 35.8 Å². The number of rotatable bonds is 5. The van der Waals surface area contributed by atoms with E-state index in [1.807, 2.05) is 4.72 Å². The van der Waals surface area contributed by atoms with E-state index in [4.69, 9.17) is 0 Å². The highest BCUT2D eigenvalue weighted by Gasteiger charge is 2.28. The molecule has 3 aromatic rings. The number of hydrogen-bond donors (Lipinski definition) is 1. The number of carbonyl (C=O) groups is 1. The van der Waals surface area contributed by atoms with Gasteiger partial charge >= 0.3 is 0 Å². The van der Waals surface area contributed by atoms with E-state index < -0.39 is 15.9 Å². The predicted molar refractivity (Wildman–Crippen MR) is 109 cm³/mol. The molecule has 1 aromatic carbocycles. The first kappa shape index (κ1) is 19.1. The van der Waals surface area contributed by atoms with Gasteiger partial charge in [-0.05, 0) is 36.5 Å². The van der Waals surface area contributed by atoms with E-state index >= 15 is 0 Å². The minimum atomic E-state index is -3.69. The van der Waals surface area contributed by atoms with Crippen LogP contribution in [0.3, 0.4) is 0 Å². The Morgan fingerprint density at radius 1 is 1.21 bits per heavy atom. The van der Waals surface area contributed by atoms with E-state index in [0.29, 0.717) is 11.6 Å². The van der Waals surface area contributed by atoms with E-state index in [9.17, 15) is 18.0 Å². The number of sulfonamides is 1. The number of para-hydroxylation sites is 1. The van der Waals surface area contributed by atoms with E-state index in [1.54, 1.807) is 56.0 Å². The molecule has 0 bridgehead atoms. The van der Waals surface area contributed by atoms with Gasteiger partial charge in [0.2, 0.25) is 10.0 Å². The smallest absolute Gasteiger partial charge is 0.266 e. The van der Waals surface area contributed by atoms with Crippen LogP contribution in [0.4, 0.5) is 0 Å². The number of hydrogen-bond acceptors (Lipinski definition) is 5. The summed E-state index contributed by atoms with van der Waals surface area (Å²) in [6, 6.07) is 8.31. The lowest BCUT2D eigenvalue weighted by molar-refractivity contribution is 0.0981. The highest BCUT2D eigenvalue weighted by atomic mass is 32.2. The number of aryl methyl sites for hydroxylation is 1. The lowest BCUT2D eigenvalue weighted by Crippen LogP contribution is -2.30. The highest BCUT2D eigenvalue weighted by Crippen LogP contribution is 2.43. The third-order valence-electron chi connectivity index (χ3n) is 4.84. The summed E-state index contributed by atoms with van der Waals surface area (Å²) in [7, 11) is -1.98. The topological polar surface area (TPSA) is 103 Å². The molecule has 1 aliphatic carbocycles. The van der Waals surface area contributed by atoms with Crippen LogP contribution in [0.2, 0.25) is 0 Å². The number of carbonyl (C=O) groups excluding carboxylic acids is 1. The quantitative estimate of drug-likeness (QED) is 0.688. The van der Waals surface area contributed by atoms with Crippen LogP contribution in [-0.2, 0) is 17.1 Å². The molecule has 0 unspecified atom stereocenters. The Bertz CT molecular complexity index is 1270. The molecule has 1 fully saturated rings. The molecule has 1 amide bonds. The lowest BCUT2D eigenvalue weighted by Gasteiger charge is -2.10. The van der Waals surface area contributed by atoms with Crippen molar-refractivity contribution in [1.82, 2.24) is 19.1 Å². The van der Waals surface area contributed by atoms with Crippen LogP contribution in [0, 0.1) is 0 Å². The van der Waals surface area contributed by atoms with Crippen molar-refractivity contribution in [3.8, 4) is 16.8 Å². The van der Waals surface area contributed by atoms with Gasteiger partial charge in [0.25, 0.3) is 11.5 Å². The molecule has 2 heterocycles. The van der Waals surface area contributed by atoms with Gasteiger partial charge in [0.15, 0.2) is 0 Å². The highest BCUT2D eigenvalue weighted by molar-refractivity contribution is 7.89. The number of aromatic nitrogens is 3. The maximum absolute atomic E-state index is 12.4. The van der Waals surface area contributed by atoms with Crippen molar-refractivity contribution < 1.29 is 13.2 Å². The number of pyridine rings is 1. The third-order valence-corrected chi connectivity index (χ3v) is 5.40. The molecule has 0 spiro atoms. The minimum Gasteiger partial charge on any atom is -0.318 e. The van der Waals surface area contributed by atoms with Crippen LogP contribution in [-0.4, -0.2) is 34.9 Å². The summed E-state index contributed by atoms with van der Waals surface area (Å²) in [4.78, 5) is 24.5. The Morgan fingerprint density at radius 2 is 1.93 bits per heavy atom. The van der Waals surface area contributed by atoms with Crippen molar-refractivity contribution in [2.45, 2.75) is 18.8 Å². The second-order valence-electron chi connectivity index (χ2n) is 7.26. The maximum Gasteiger partial charge on any atom is 0.266 e. The molecule has 0 atom stereocenters. The van der Waals surface area contributed by atoms with Crippen molar-refractivity contribution >= 4 is 15.9 Å². The molecule has 8 nitrogen and oxygen atoms in total. The normalized spacial score (nSPS) is 14.0. The summed E-state index contributed by atoms with van der Waals surface area (Å²) in [5.74, 6) is -0.337. The third kappa shape index (κ3) is 4.00. The average Bonchev–Trinajstić information content (AvgIpc) is 3.39. The number of benzene rings is 1. The van der Waals surface area contributed by atoms with Gasteiger partial charge in [-0.1, -0.05) is 12.1 Å². The van der Waals surface area contributed by atoms with Crippen LogP contribution >= 0.6 is 0 Å². The molecule has 4 rings (SSSR count). The van der Waals surface area contributed by atoms with Gasteiger partial charge in [-0.3, -0.25) is 9.59 Å². The number of nitrogens with zero attached hydrogens (tertiary/aromatic N) is 3. The molecule has 0 saturated heterocycles. The van der Waals surface area contributed by atoms with Crippen LogP contribution in [0.5, 0.6) is 0 Å². The molecule has 29 heavy (non-hydrogen) atoms. The summed E-state index contributed by atoms with van der Waals surface area (Å²) < 4.78 is 27.9. The number of nitrogens with one attached hydrogen (secondary N) is 1. The molecule has 2 aromatic heterocycles. The molecule has 0 aliphatic heterocycles. The Balaban J connectivity index is 1.76. The van der Waals surface area contributed by atoms with Gasteiger partial charge in [-0.25, -0.2) is 17.8 Å². The lowest BCUT2D eigenvalue weighted by atomic mass is 10.0. The zero-order chi connectivity index (χ0) is 20.8. The Kier molecular flexibility index (Phi) is 4.62. The molecule has 9 heteroatoms. The summed E-state index contributed by atoms with van der Waals surface area (Å²) in [5.41, 5.74) is 3.36. The van der Waals surface area contributed by atoms with Crippen molar-refractivity contribution in [2.24, 2.45) is 7.05 Å². The summed E-state index contributed by atoms with van der Waals surface area (Å²) >= 11 is 0. The van der Waals surface area contributed by atoms with Gasteiger partial charge in [-0.2, -0.15) is 5.10 Å². The van der Waals surface area contributed by atoms with E-state index in [-0.39, 0.29) is 11.1 Å². The van der Waals surface area contributed by atoms with Gasteiger partial charge < -0.3 is 4.57 Å². The van der Waals surface area contributed by atoms with Crippen molar-refractivity contribution in [2.75, 3.05) is 6.26 Å². The standard InChI is InChI=1S/C20H20N4O4S/c1-23-12-17(16(9-19(23)25)13-7-8-13)14-10-21-24(11-14)18-6-4-3-5-15(18)20(26)22-29(2,27)28/h3-6,9-13H,7-8H2,1-2H3,(H,22,26). The average molecular weight is 412 g/mol. The SMILES string of the molecule is Cn1cc(-c2cnn(-c3ccccc3C(=O)NS(C)(=O)=O)c2)c(C2CC2)cc1=O. The molecule has 150 valence electrons. The second kappa shape index (κ2) is 7.00. The molecule has 1 aliphatic rings. The Hall–Kier alpha value is -3.20. The van der Waals surface area contributed by atoms with E-state index in [1.165, 1.54) is 9.25 Å². The zero-order valence-corrected chi connectivity index (χ0v) is 16.8. The molecular weight excluding hydrogens is 392 g/mol. The van der Waals surface area contributed by atoms with Crippen LogP contribution < -0.4 is 10.3 Å². The molecule has 1 N–H and O–H groups in total. The minimum absolute atomic E-state index is 0.0502. The van der Waals surface area contributed by atoms with Crippen LogP contribution in [0.15, 0.2) is 53.7 Å². The monoisotopic (exact) mass is 412 g/mol. The molecule has 0 radical (unpaired) electrons. The van der Waals surface area contributed by atoms with Gasteiger partial charge in [0, 0.05) is 36.6 Å². The Morgan fingerprint density at radius 3 is 2.62 bits per heavy atom. The Labute approximate surface area is 167 Å². The zero-order valence-electron chi connectivity index (χ0n) is 16.0. The fraction of sp³-hybridized carbons (Fsp3) is 0.250. The van der Waals surface area contributed by atoms with Crippen molar-refractivity contribution in [3.63, 3.8) is 0 Å². The number of amides is 1. The largest absolute Gasteiger partial charge is 0.318 e. The fourth-order valence-electron chi connectivity index (χ4n) is 3.30. The summed E-state index contributed by atoms with van der Waals surface area (Å²) in [6.07, 6.45) is 8.30. The summed E-state index contributed by atoms with van der Waals surface area (Å²) in [6.45, 7) is 0. The first-order valence-electron chi connectivity index (χ1n) is 9.10. The molecule has 1 saturated carbocycles. The van der Waals surface area contributed by atoms with Crippen molar-refractivity contribution in [3.05, 3.63) is 70.4 Å².